The standard InChI is InChI=1S/C4H6O4S2/c1-2(3(5)6)10-8-4(7)9/h2H,1H3,(H,5,6)(H,7,9). The highest BCUT2D eigenvalue weighted by molar-refractivity contribution is 8.01. The highest BCUT2D eigenvalue weighted by Crippen LogP contribution is 2.13. The largest absolute Gasteiger partial charge is 0.480 e. The van der Waals surface area contributed by atoms with E-state index in [0.717, 1.165) is 0 Å². The maximum Gasteiger partial charge on any atom is 0.376 e. The van der Waals surface area contributed by atoms with Crippen LogP contribution in [0.3, 0.4) is 0 Å². The Hall–Kier alpha value is -0.360. The van der Waals surface area contributed by atoms with Gasteiger partial charge in [0.25, 0.3) is 0 Å². The van der Waals surface area contributed by atoms with Crippen LogP contribution in [0.15, 0.2) is 0 Å². The highest BCUT2D eigenvalue weighted by atomic mass is 32.2. The van der Waals surface area contributed by atoms with Crippen molar-refractivity contribution in [2.45, 2.75) is 12.2 Å². The van der Waals surface area contributed by atoms with Crippen LogP contribution < -0.4 is 0 Å². The van der Waals surface area contributed by atoms with E-state index in [1.807, 2.05) is 0 Å². The third-order valence-electron chi connectivity index (χ3n) is 0.612. The molecule has 0 saturated carbocycles. The Morgan fingerprint density at radius 3 is 2.50 bits per heavy atom. The highest BCUT2D eigenvalue weighted by Gasteiger charge is 2.13. The summed E-state index contributed by atoms with van der Waals surface area (Å²) in [4.78, 5) is 20.1. The molecule has 0 bridgehead atoms. The van der Waals surface area contributed by atoms with Gasteiger partial charge in [-0.15, -0.1) is 0 Å². The lowest BCUT2D eigenvalue weighted by atomic mass is 10.5. The molecule has 0 aliphatic carbocycles. The molecule has 0 saturated heterocycles. The summed E-state index contributed by atoms with van der Waals surface area (Å²) in [6, 6.07) is 0. The Morgan fingerprint density at radius 2 is 2.20 bits per heavy atom. The van der Waals surface area contributed by atoms with Crippen LogP contribution >= 0.6 is 24.7 Å². The van der Waals surface area contributed by atoms with Gasteiger partial charge in [0.1, 0.15) is 5.25 Å². The molecular formula is C4H6O4S2. The predicted molar refractivity (Wildman–Crippen MR) is 40.2 cm³/mol. The summed E-state index contributed by atoms with van der Waals surface area (Å²) in [6.07, 6.45) is 0. The predicted octanol–water partition coefficient (Wildman–Crippen LogP) is 1.17. The van der Waals surface area contributed by atoms with Crippen molar-refractivity contribution < 1.29 is 18.9 Å². The van der Waals surface area contributed by atoms with Crippen molar-refractivity contribution in [1.82, 2.24) is 0 Å². The molecular weight excluding hydrogens is 176 g/mol. The maximum absolute atomic E-state index is 10.1. The molecule has 0 aliphatic heterocycles. The molecule has 0 heterocycles. The van der Waals surface area contributed by atoms with E-state index in [1.165, 1.54) is 6.92 Å². The first kappa shape index (κ1) is 9.64. The second-order valence-corrected chi connectivity index (χ2v) is 2.86. The minimum atomic E-state index is -1.03. The first-order valence-corrected chi connectivity index (χ1v) is 3.58. The number of carboxylic acids is 1. The summed E-state index contributed by atoms with van der Waals surface area (Å²) in [5.41, 5.74) is 0. The van der Waals surface area contributed by atoms with Crippen LogP contribution in [-0.4, -0.2) is 21.6 Å². The summed E-state index contributed by atoms with van der Waals surface area (Å²) in [6.45, 7) is 1.41. The number of carbonyl (C=O) groups excluding carboxylic acids is 1. The first-order valence-electron chi connectivity index (χ1n) is 2.33. The van der Waals surface area contributed by atoms with Gasteiger partial charge in [-0.25, -0.2) is 4.79 Å². The average Bonchev–Trinajstić information content (AvgIpc) is 1.82. The minimum Gasteiger partial charge on any atom is -0.480 e. The molecule has 58 valence electrons. The van der Waals surface area contributed by atoms with E-state index in [2.05, 4.69) is 16.8 Å². The molecule has 10 heavy (non-hydrogen) atoms. The molecule has 0 aliphatic rings. The van der Waals surface area contributed by atoms with Gasteiger partial charge in [0.05, 0.1) is 12.0 Å². The zero-order valence-corrected chi connectivity index (χ0v) is 6.82. The first-order chi connectivity index (χ1) is 4.54. The van der Waals surface area contributed by atoms with Crippen molar-refractivity contribution in [2.24, 2.45) is 0 Å². The fraction of sp³-hybridized carbons (Fsp3) is 0.500. The van der Waals surface area contributed by atoms with Gasteiger partial charge in [0, 0.05) is 0 Å². The fourth-order valence-corrected chi connectivity index (χ4v) is 0.593. The maximum atomic E-state index is 10.1. The SMILES string of the molecule is CC(SOC(=O)S)C(=O)O. The molecule has 1 atom stereocenters. The summed E-state index contributed by atoms with van der Waals surface area (Å²) >= 11 is 3.83. The van der Waals surface area contributed by atoms with E-state index in [1.54, 1.807) is 0 Å². The number of carboxylic acid groups (broad SMARTS) is 1. The minimum absolute atomic E-state index is 0.567. The van der Waals surface area contributed by atoms with E-state index >= 15 is 0 Å². The Morgan fingerprint density at radius 1 is 1.70 bits per heavy atom. The lowest BCUT2D eigenvalue weighted by Crippen LogP contribution is -2.12. The summed E-state index contributed by atoms with van der Waals surface area (Å²) < 4.78 is 4.23. The van der Waals surface area contributed by atoms with Gasteiger partial charge in [-0.05, 0) is 6.92 Å². The van der Waals surface area contributed by atoms with Crippen molar-refractivity contribution in [1.29, 1.82) is 0 Å². The van der Waals surface area contributed by atoms with E-state index in [0.29, 0.717) is 12.0 Å². The zero-order chi connectivity index (χ0) is 8.15. The summed E-state index contributed by atoms with van der Waals surface area (Å²) in [7, 11) is 0. The van der Waals surface area contributed by atoms with Gasteiger partial charge >= 0.3 is 11.3 Å². The Labute approximate surface area is 67.6 Å². The second-order valence-electron chi connectivity index (χ2n) is 1.43. The number of rotatable bonds is 3. The average molecular weight is 182 g/mol. The quantitative estimate of drug-likeness (QED) is 0.506. The van der Waals surface area contributed by atoms with E-state index in [-0.39, 0.29) is 0 Å². The van der Waals surface area contributed by atoms with Crippen molar-refractivity contribution >= 4 is 35.9 Å². The van der Waals surface area contributed by atoms with Crippen LogP contribution in [-0.2, 0) is 8.98 Å². The summed E-state index contributed by atoms with van der Waals surface area (Å²) in [5.74, 6) is -1.03. The Bertz CT molecular complexity index is 146. The number of thiol groups is 1. The molecule has 1 N–H and O–H groups in total. The van der Waals surface area contributed by atoms with Crippen molar-refractivity contribution in [3.05, 3.63) is 0 Å². The normalized spacial score (nSPS) is 12.2. The second kappa shape index (κ2) is 4.45. The van der Waals surface area contributed by atoms with Crippen LogP contribution in [0.4, 0.5) is 4.79 Å². The molecule has 0 rings (SSSR count). The number of aliphatic carboxylic acids is 1. The molecule has 0 radical (unpaired) electrons. The van der Waals surface area contributed by atoms with Gasteiger partial charge in [-0.3, -0.25) is 4.79 Å². The van der Waals surface area contributed by atoms with Crippen LogP contribution in [0.1, 0.15) is 6.92 Å². The topological polar surface area (TPSA) is 63.6 Å². The summed E-state index contributed by atoms with van der Waals surface area (Å²) in [5, 5.41) is 6.71. The molecule has 0 aromatic heterocycles. The van der Waals surface area contributed by atoms with Crippen molar-refractivity contribution in [3.8, 4) is 0 Å². The third kappa shape index (κ3) is 4.51. The van der Waals surface area contributed by atoms with Crippen LogP contribution in [0.2, 0.25) is 0 Å². The Kier molecular flexibility index (Phi) is 4.29. The van der Waals surface area contributed by atoms with Gasteiger partial charge < -0.3 is 9.29 Å². The van der Waals surface area contributed by atoms with Crippen LogP contribution in [0.25, 0.3) is 0 Å². The van der Waals surface area contributed by atoms with E-state index in [4.69, 9.17) is 5.11 Å². The Balaban J connectivity index is 3.49. The molecule has 0 spiro atoms. The molecule has 6 heteroatoms. The van der Waals surface area contributed by atoms with Gasteiger partial charge in [0.15, 0.2) is 0 Å². The number of hydrogen-bond donors (Lipinski definition) is 2. The third-order valence-corrected chi connectivity index (χ3v) is 1.56. The van der Waals surface area contributed by atoms with Gasteiger partial charge in [0.2, 0.25) is 0 Å². The molecule has 0 aromatic carbocycles. The molecule has 1 unspecified atom stereocenters. The van der Waals surface area contributed by atoms with Gasteiger partial charge in [-0.1, -0.05) is 12.6 Å². The van der Waals surface area contributed by atoms with Crippen LogP contribution in [0, 0.1) is 0 Å². The molecule has 0 aromatic rings. The smallest absolute Gasteiger partial charge is 0.376 e. The van der Waals surface area contributed by atoms with Crippen LogP contribution in [0.5, 0.6) is 0 Å². The van der Waals surface area contributed by atoms with Crippen molar-refractivity contribution in [3.63, 3.8) is 0 Å². The molecule has 0 fully saturated rings. The molecule has 0 amide bonds. The monoisotopic (exact) mass is 182 g/mol. The fourth-order valence-electron chi connectivity index (χ4n) is 0.154. The number of hydrogen-bond acceptors (Lipinski definition) is 4. The lowest BCUT2D eigenvalue weighted by Gasteiger charge is -2.01. The number of carbonyl (C=O) groups is 2. The van der Waals surface area contributed by atoms with E-state index < -0.39 is 16.5 Å². The molecule has 4 nitrogen and oxygen atoms in total. The van der Waals surface area contributed by atoms with Gasteiger partial charge in [-0.2, -0.15) is 0 Å². The zero-order valence-electron chi connectivity index (χ0n) is 5.10. The van der Waals surface area contributed by atoms with Crippen molar-refractivity contribution in [2.75, 3.05) is 0 Å². The van der Waals surface area contributed by atoms with E-state index in [9.17, 15) is 9.59 Å². The lowest BCUT2D eigenvalue weighted by molar-refractivity contribution is -0.136.